The molecular weight excluding hydrogens is 311 g/mol. The Hall–Kier alpha value is -0.780. The number of nitrogens with one attached hydrogen (secondary N) is 1. The minimum Gasteiger partial charge on any atom is -0.352 e. The first-order valence-corrected chi connectivity index (χ1v) is 8.32. The zero-order valence-corrected chi connectivity index (χ0v) is 13.8. The summed E-state index contributed by atoms with van der Waals surface area (Å²) in [4.78, 5) is 15.2. The molecule has 0 aromatic heterocycles. The Morgan fingerprint density at radius 2 is 2.14 bits per heavy atom. The molecule has 0 radical (unpaired) electrons. The number of benzene rings is 1. The maximum atomic E-state index is 13.0. The fourth-order valence-corrected chi connectivity index (χ4v) is 3.46. The van der Waals surface area contributed by atoms with Gasteiger partial charge in [-0.15, -0.1) is 11.8 Å². The Morgan fingerprint density at radius 3 is 2.76 bits per heavy atom. The van der Waals surface area contributed by atoms with Crippen molar-refractivity contribution in [2.24, 2.45) is 0 Å². The van der Waals surface area contributed by atoms with Crippen LogP contribution in [0.2, 0.25) is 5.02 Å². The average molecular weight is 331 g/mol. The number of likely N-dealkylation sites (tertiary alicyclic amines) is 1. The standard InChI is InChI=1S/C15H20ClFN2OS/c1-10(21-14-4-3-11(17)9-13(14)16)15(20)18-12-5-7-19(2)8-6-12/h3-4,9-10,12H,5-8H2,1-2H3,(H,18,20). The van der Waals surface area contributed by atoms with Crippen molar-refractivity contribution in [2.75, 3.05) is 20.1 Å². The summed E-state index contributed by atoms with van der Waals surface area (Å²) in [6, 6.07) is 4.49. The van der Waals surface area contributed by atoms with Crippen molar-refractivity contribution in [3.05, 3.63) is 29.0 Å². The first-order valence-electron chi connectivity index (χ1n) is 7.06. The van der Waals surface area contributed by atoms with Crippen molar-refractivity contribution in [1.29, 1.82) is 0 Å². The minimum absolute atomic E-state index is 0.00921. The van der Waals surface area contributed by atoms with Crippen LogP contribution in [0.5, 0.6) is 0 Å². The highest BCUT2D eigenvalue weighted by Crippen LogP contribution is 2.31. The van der Waals surface area contributed by atoms with E-state index in [9.17, 15) is 9.18 Å². The van der Waals surface area contributed by atoms with Crippen LogP contribution in [0.15, 0.2) is 23.1 Å². The molecule has 1 heterocycles. The zero-order chi connectivity index (χ0) is 15.4. The van der Waals surface area contributed by atoms with E-state index in [0.29, 0.717) is 5.02 Å². The van der Waals surface area contributed by atoms with E-state index >= 15 is 0 Å². The summed E-state index contributed by atoms with van der Waals surface area (Å²) in [5.41, 5.74) is 0. The molecule has 0 spiro atoms. The predicted molar refractivity (Wildman–Crippen MR) is 85.4 cm³/mol. The van der Waals surface area contributed by atoms with Gasteiger partial charge < -0.3 is 10.2 Å². The van der Waals surface area contributed by atoms with E-state index in [-0.39, 0.29) is 23.0 Å². The van der Waals surface area contributed by atoms with Gasteiger partial charge in [0.05, 0.1) is 10.3 Å². The molecule has 0 aliphatic carbocycles. The average Bonchev–Trinajstić information content (AvgIpc) is 2.44. The van der Waals surface area contributed by atoms with Crippen molar-refractivity contribution in [3.8, 4) is 0 Å². The summed E-state index contributed by atoms with van der Waals surface area (Å²) in [7, 11) is 2.09. The molecule has 1 N–H and O–H groups in total. The van der Waals surface area contributed by atoms with Crippen LogP contribution in [0.25, 0.3) is 0 Å². The summed E-state index contributed by atoms with van der Waals surface area (Å²) in [5.74, 6) is -0.359. The molecule has 2 rings (SSSR count). The van der Waals surface area contributed by atoms with Gasteiger partial charge in [-0.05, 0) is 58.1 Å². The predicted octanol–water partition coefficient (Wildman–Crippen LogP) is 3.17. The number of piperidine rings is 1. The molecule has 6 heteroatoms. The molecule has 1 aliphatic rings. The maximum absolute atomic E-state index is 13.0. The lowest BCUT2D eigenvalue weighted by molar-refractivity contribution is -0.121. The molecule has 1 amide bonds. The lowest BCUT2D eigenvalue weighted by Gasteiger charge is -2.30. The highest BCUT2D eigenvalue weighted by Gasteiger charge is 2.22. The number of hydrogen-bond acceptors (Lipinski definition) is 3. The van der Waals surface area contributed by atoms with Crippen LogP contribution < -0.4 is 5.32 Å². The Labute approximate surface area is 134 Å². The number of carbonyl (C=O) groups excluding carboxylic acids is 1. The number of rotatable bonds is 4. The third-order valence-electron chi connectivity index (χ3n) is 3.63. The second-order valence-corrected chi connectivity index (χ2v) is 7.21. The van der Waals surface area contributed by atoms with Crippen molar-refractivity contribution in [3.63, 3.8) is 0 Å². The Morgan fingerprint density at radius 1 is 1.48 bits per heavy atom. The fourth-order valence-electron chi connectivity index (χ4n) is 2.29. The molecule has 21 heavy (non-hydrogen) atoms. The van der Waals surface area contributed by atoms with Crippen molar-refractivity contribution in [2.45, 2.75) is 36.0 Å². The van der Waals surface area contributed by atoms with Gasteiger partial charge >= 0.3 is 0 Å². The van der Waals surface area contributed by atoms with Gasteiger partial charge in [-0.3, -0.25) is 4.79 Å². The summed E-state index contributed by atoms with van der Waals surface area (Å²) in [6.07, 6.45) is 1.97. The lowest BCUT2D eigenvalue weighted by atomic mass is 10.1. The van der Waals surface area contributed by atoms with Gasteiger partial charge in [-0.25, -0.2) is 4.39 Å². The Kier molecular flexibility index (Phi) is 5.90. The molecule has 1 saturated heterocycles. The fraction of sp³-hybridized carbons (Fsp3) is 0.533. The van der Waals surface area contributed by atoms with Crippen molar-refractivity contribution >= 4 is 29.3 Å². The largest absolute Gasteiger partial charge is 0.352 e. The van der Waals surface area contributed by atoms with E-state index in [1.54, 1.807) is 6.07 Å². The maximum Gasteiger partial charge on any atom is 0.233 e. The van der Waals surface area contributed by atoms with Crippen LogP contribution in [-0.2, 0) is 4.79 Å². The highest BCUT2D eigenvalue weighted by atomic mass is 35.5. The first kappa shape index (κ1) is 16.6. The summed E-state index contributed by atoms with van der Waals surface area (Å²) >= 11 is 7.34. The molecule has 1 aromatic carbocycles. The van der Waals surface area contributed by atoms with Gasteiger partial charge in [0.25, 0.3) is 0 Å². The summed E-state index contributed by atoms with van der Waals surface area (Å²) in [6.45, 7) is 3.86. The quantitative estimate of drug-likeness (QED) is 0.861. The molecule has 1 atom stereocenters. The molecular formula is C15H20ClFN2OS. The van der Waals surface area contributed by atoms with Gasteiger partial charge in [-0.1, -0.05) is 11.6 Å². The number of amides is 1. The second-order valence-electron chi connectivity index (χ2n) is 5.42. The third-order valence-corrected chi connectivity index (χ3v) is 5.23. The Bertz CT molecular complexity index is 506. The van der Waals surface area contributed by atoms with E-state index < -0.39 is 0 Å². The van der Waals surface area contributed by atoms with Crippen LogP contribution >= 0.6 is 23.4 Å². The molecule has 0 saturated carbocycles. The normalized spacial score (nSPS) is 18.5. The van der Waals surface area contributed by atoms with Crippen LogP contribution in [0.1, 0.15) is 19.8 Å². The van der Waals surface area contributed by atoms with Crippen LogP contribution in [0.4, 0.5) is 4.39 Å². The minimum atomic E-state index is -0.368. The van der Waals surface area contributed by atoms with Crippen LogP contribution in [0.3, 0.4) is 0 Å². The smallest absolute Gasteiger partial charge is 0.233 e. The van der Waals surface area contributed by atoms with E-state index in [2.05, 4.69) is 17.3 Å². The molecule has 1 unspecified atom stereocenters. The van der Waals surface area contributed by atoms with Gasteiger partial charge in [-0.2, -0.15) is 0 Å². The van der Waals surface area contributed by atoms with Gasteiger partial charge in [0, 0.05) is 10.9 Å². The van der Waals surface area contributed by atoms with E-state index in [1.165, 1.54) is 23.9 Å². The highest BCUT2D eigenvalue weighted by molar-refractivity contribution is 8.00. The van der Waals surface area contributed by atoms with E-state index in [0.717, 1.165) is 30.8 Å². The van der Waals surface area contributed by atoms with Crippen molar-refractivity contribution < 1.29 is 9.18 Å². The monoisotopic (exact) mass is 330 g/mol. The second kappa shape index (κ2) is 7.47. The number of nitrogens with zero attached hydrogens (tertiary/aromatic N) is 1. The van der Waals surface area contributed by atoms with Crippen LogP contribution in [-0.4, -0.2) is 42.2 Å². The van der Waals surface area contributed by atoms with E-state index in [4.69, 9.17) is 11.6 Å². The zero-order valence-electron chi connectivity index (χ0n) is 12.2. The van der Waals surface area contributed by atoms with Gasteiger partial charge in [0.2, 0.25) is 5.91 Å². The van der Waals surface area contributed by atoms with E-state index in [1.807, 2.05) is 6.92 Å². The molecule has 0 bridgehead atoms. The summed E-state index contributed by atoms with van der Waals surface area (Å²) < 4.78 is 13.0. The molecule has 1 aromatic rings. The molecule has 116 valence electrons. The van der Waals surface area contributed by atoms with Crippen molar-refractivity contribution in [1.82, 2.24) is 10.2 Å². The van der Waals surface area contributed by atoms with Gasteiger partial charge in [0.15, 0.2) is 0 Å². The van der Waals surface area contributed by atoms with Crippen LogP contribution in [0, 0.1) is 5.82 Å². The Balaban J connectivity index is 1.87. The van der Waals surface area contributed by atoms with Gasteiger partial charge in [0.1, 0.15) is 5.82 Å². The number of carbonyl (C=O) groups is 1. The molecule has 1 fully saturated rings. The topological polar surface area (TPSA) is 32.3 Å². The molecule has 3 nitrogen and oxygen atoms in total. The lowest BCUT2D eigenvalue weighted by Crippen LogP contribution is -2.45. The SMILES string of the molecule is CC(Sc1ccc(F)cc1Cl)C(=O)NC1CCN(C)CC1. The number of thioether (sulfide) groups is 1. The molecule has 1 aliphatic heterocycles. The summed E-state index contributed by atoms with van der Waals surface area (Å²) in [5, 5.41) is 3.18. The number of hydrogen-bond donors (Lipinski definition) is 1. The number of halogens is 2. The first-order chi connectivity index (χ1) is 9.95. The third kappa shape index (κ3) is 4.87.